The smallest absolute Gasteiger partial charge is 0.190 e. The number of aromatic nitrogens is 2. The van der Waals surface area contributed by atoms with Crippen LogP contribution >= 0.6 is 0 Å². The lowest BCUT2D eigenvalue weighted by atomic mass is 10.0. The second-order valence-corrected chi connectivity index (χ2v) is 19.5. The standard InChI is InChI=1S/C37H34N2Si2/c1-40(2,33-17-8-5-9-18-33)36-21-13-22-37(39-36)41(3,35-20-10-11-27-38-35)34-19-12-16-32(28-34)31-25-23-30(24-26-31)29-14-6-4-7-15-29/h4-28H,1-3H3. The molecule has 4 aromatic carbocycles. The highest BCUT2D eigenvalue weighted by Crippen LogP contribution is 2.25. The zero-order chi connectivity index (χ0) is 28.3. The molecular formula is C37H34N2Si2. The van der Waals surface area contributed by atoms with Crippen LogP contribution in [0, 0.1) is 0 Å². The fourth-order valence-corrected chi connectivity index (χ4v) is 11.3. The van der Waals surface area contributed by atoms with E-state index in [0.29, 0.717) is 0 Å². The van der Waals surface area contributed by atoms with Gasteiger partial charge >= 0.3 is 0 Å². The van der Waals surface area contributed by atoms with Crippen LogP contribution in [0.2, 0.25) is 19.6 Å². The number of hydrogen-bond donors (Lipinski definition) is 0. The molecule has 41 heavy (non-hydrogen) atoms. The summed E-state index contributed by atoms with van der Waals surface area (Å²) in [4.78, 5) is 10.4. The molecule has 0 N–H and O–H groups in total. The molecule has 0 radical (unpaired) electrons. The molecule has 2 nitrogen and oxygen atoms in total. The predicted octanol–water partition coefficient (Wildman–Crippen LogP) is 5.73. The number of hydrogen-bond acceptors (Lipinski definition) is 2. The molecule has 6 aromatic rings. The lowest BCUT2D eigenvalue weighted by Gasteiger charge is -2.30. The minimum Gasteiger partial charge on any atom is -0.266 e. The van der Waals surface area contributed by atoms with Gasteiger partial charge in [0.15, 0.2) is 8.07 Å². The number of rotatable bonds is 7. The van der Waals surface area contributed by atoms with Crippen LogP contribution in [-0.4, -0.2) is 26.1 Å². The van der Waals surface area contributed by atoms with Gasteiger partial charge in [-0.1, -0.05) is 146 Å². The fourth-order valence-electron chi connectivity index (χ4n) is 5.64. The largest absolute Gasteiger partial charge is 0.266 e. The number of pyridine rings is 2. The SMILES string of the molecule is C[Si](C)(c1ccccc1)c1cccc([Si](C)(c2cccc(-c3ccc(-c4ccccc4)cc3)c2)c2ccccn2)n1. The van der Waals surface area contributed by atoms with Crippen molar-refractivity contribution in [3.8, 4) is 22.3 Å². The van der Waals surface area contributed by atoms with Crippen molar-refractivity contribution in [1.82, 2.24) is 9.97 Å². The second-order valence-electron chi connectivity index (χ2n) is 11.3. The third-order valence-electron chi connectivity index (χ3n) is 8.34. The van der Waals surface area contributed by atoms with E-state index in [1.807, 2.05) is 12.3 Å². The highest BCUT2D eigenvalue weighted by atomic mass is 28.3. The maximum absolute atomic E-state index is 5.48. The van der Waals surface area contributed by atoms with Gasteiger partial charge in [-0.2, -0.15) is 0 Å². The van der Waals surface area contributed by atoms with Crippen molar-refractivity contribution in [3.05, 3.63) is 152 Å². The summed E-state index contributed by atoms with van der Waals surface area (Å²) in [5.74, 6) is 0. The Morgan fingerprint density at radius 3 is 1.61 bits per heavy atom. The normalized spacial score (nSPS) is 13.0. The van der Waals surface area contributed by atoms with Gasteiger partial charge in [0.05, 0.1) is 0 Å². The number of benzene rings is 4. The molecule has 200 valence electrons. The van der Waals surface area contributed by atoms with Gasteiger partial charge < -0.3 is 0 Å². The Kier molecular flexibility index (Phi) is 7.35. The van der Waals surface area contributed by atoms with Crippen molar-refractivity contribution in [2.75, 3.05) is 0 Å². The topological polar surface area (TPSA) is 25.8 Å². The van der Waals surface area contributed by atoms with Crippen molar-refractivity contribution in [2.24, 2.45) is 0 Å². The van der Waals surface area contributed by atoms with Crippen LogP contribution in [0.3, 0.4) is 0 Å². The van der Waals surface area contributed by atoms with Gasteiger partial charge in [0.1, 0.15) is 8.07 Å². The summed E-state index contributed by atoms with van der Waals surface area (Å²) in [5, 5.41) is 6.20. The maximum Gasteiger partial charge on any atom is 0.190 e. The molecule has 1 unspecified atom stereocenters. The zero-order valence-corrected chi connectivity index (χ0v) is 25.8. The Balaban J connectivity index is 1.44. The first kappa shape index (κ1) is 26.8. The summed E-state index contributed by atoms with van der Waals surface area (Å²) in [6.07, 6.45) is 1.92. The molecule has 0 saturated carbocycles. The minimum atomic E-state index is -2.52. The molecule has 0 bridgehead atoms. The molecule has 6 rings (SSSR count). The molecule has 0 aliphatic carbocycles. The molecule has 0 saturated heterocycles. The summed E-state index contributed by atoms with van der Waals surface area (Å²) in [5.41, 5.74) is 4.88. The summed E-state index contributed by atoms with van der Waals surface area (Å²) >= 11 is 0. The van der Waals surface area contributed by atoms with Crippen molar-refractivity contribution in [3.63, 3.8) is 0 Å². The first-order valence-corrected chi connectivity index (χ1v) is 19.7. The quantitative estimate of drug-likeness (QED) is 0.232. The molecule has 1 atom stereocenters. The van der Waals surface area contributed by atoms with E-state index in [4.69, 9.17) is 9.97 Å². The Hall–Kier alpha value is -4.39. The number of nitrogens with zero attached hydrogens (tertiary/aromatic N) is 2. The van der Waals surface area contributed by atoms with Crippen LogP contribution in [0.5, 0.6) is 0 Å². The Bertz CT molecular complexity index is 1750. The maximum atomic E-state index is 5.48. The molecule has 0 aliphatic rings. The Morgan fingerprint density at radius 2 is 0.927 bits per heavy atom. The van der Waals surface area contributed by atoms with Crippen LogP contribution in [0.25, 0.3) is 22.3 Å². The zero-order valence-electron chi connectivity index (χ0n) is 23.8. The van der Waals surface area contributed by atoms with E-state index < -0.39 is 16.1 Å². The molecular weight excluding hydrogens is 529 g/mol. The first-order valence-electron chi connectivity index (χ1n) is 14.2. The minimum absolute atomic E-state index is 1.13. The van der Waals surface area contributed by atoms with Gasteiger partial charge in [0.2, 0.25) is 0 Å². The molecule has 4 heteroatoms. The van der Waals surface area contributed by atoms with Crippen molar-refractivity contribution < 1.29 is 0 Å². The van der Waals surface area contributed by atoms with Gasteiger partial charge in [0.25, 0.3) is 0 Å². The Labute approximate surface area is 245 Å². The first-order chi connectivity index (χ1) is 20.0. The van der Waals surface area contributed by atoms with E-state index >= 15 is 0 Å². The van der Waals surface area contributed by atoms with Gasteiger partial charge in [-0.25, -0.2) is 0 Å². The molecule has 0 spiro atoms. The summed E-state index contributed by atoms with van der Waals surface area (Å²) in [6, 6.07) is 52.3. The lowest BCUT2D eigenvalue weighted by molar-refractivity contribution is 1.35. The average Bonchev–Trinajstić information content (AvgIpc) is 3.06. The van der Waals surface area contributed by atoms with E-state index in [2.05, 4.69) is 159 Å². The van der Waals surface area contributed by atoms with E-state index in [-0.39, 0.29) is 0 Å². The predicted molar refractivity (Wildman–Crippen MR) is 179 cm³/mol. The van der Waals surface area contributed by atoms with Gasteiger partial charge in [0, 0.05) is 22.1 Å². The highest BCUT2D eigenvalue weighted by molar-refractivity contribution is 7.10. The summed E-state index contributed by atoms with van der Waals surface area (Å²) in [6.45, 7) is 7.19. The summed E-state index contributed by atoms with van der Waals surface area (Å²) in [7, 11) is -4.49. The van der Waals surface area contributed by atoms with Gasteiger partial charge in [-0.3, -0.25) is 9.97 Å². The Morgan fingerprint density at radius 1 is 0.415 bits per heavy atom. The third-order valence-corrected chi connectivity index (χ3v) is 15.8. The van der Waals surface area contributed by atoms with E-state index in [9.17, 15) is 0 Å². The second kappa shape index (κ2) is 11.2. The van der Waals surface area contributed by atoms with E-state index in [1.165, 1.54) is 37.9 Å². The van der Waals surface area contributed by atoms with Gasteiger partial charge in [-0.05, 0) is 51.7 Å². The lowest BCUT2D eigenvalue weighted by Crippen LogP contribution is -2.68. The summed E-state index contributed by atoms with van der Waals surface area (Å²) < 4.78 is 0. The van der Waals surface area contributed by atoms with E-state index in [1.54, 1.807) is 0 Å². The fraction of sp³-hybridized carbons (Fsp3) is 0.0811. The van der Waals surface area contributed by atoms with Crippen LogP contribution in [0.15, 0.2) is 152 Å². The van der Waals surface area contributed by atoms with Crippen molar-refractivity contribution in [1.29, 1.82) is 0 Å². The molecule has 0 amide bonds. The molecule has 0 fully saturated rings. The van der Waals surface area contributed by atoms with E-state index in [0.717, 1.165) is 10.6 Å². The van der Waals surface area contributed by atoms with Crippen LogP contribution in [0.1, 0.15) is 0 Å². The average molecular weight is 563 g/mol. The third kappa shape index (κ3) is 5.24. The van der Waals surface area contributed by atoms with Crippen molar-refractivity contribution in [2.45, 2.75) is 19.6 Å². The van der Waals surface area contributed by atoms with Gasteiger partial charge in [-0.15, -0.1) is 0 Å². The van der Waals surface area contributed by atoms with Crippen LogP contribution < -0.4 is 26.3 Å². The molecule has 2 aromatic heterocycles. The molecule has 2 heterocycles. The van der Waals surface area contributed by atoms with Crippen LogP contribution in [0.4, 0.5) is 0 Å². The monoisotopic (exact) mass is 562 g/mol. The van der Waals surface area contributed by atoms with Crippen LogP contribution in [-0.2, 0) is 0 Å². The molecule has 0 aliphatic heterocycles. The van der Waals surface area contributed by atoms with Crippen molar-refractivity contribution >= 4 is 42.5 Å². The highest BCUT2D eigenvalue weighted by Gasteiger charge is 2.39.